The topological polar surface area (TPSA) is 169 Å². The number of hydrazine groups is 1. The van der Waals surface area contributed by atoms with Crippen LogP contribution in [0, 0.1) is 16.0 Å². The van der Waals surface area contributed by atoms with Gasteiger partial charge in [0.25, 0.3) is 23.1 Å². The minimum absolute atomic E-state index is 0.0411. The van der Waals surface area contributed by atoms with Gasteiger partial charge in [-0.05, 0) is 24.0 Å². The fourth-order valence-corrected chi connectivity index (χ4v) is 3.32. The molecule has 0 aliphatic heterocycles. The van der Waals surface area contributed by atoms with Crippen LogP contribution in [0.2, 0.25) is 0 Å². The number of aromatic amines is 1. The van der Waals surface area contributed by atoms with Crippen LogP contribution in [-0.4, -0.2) is 31.3 Å². The van der Waals surface area contributed by atoms with E-state index in [-0.39, 0.29) is 46.2 Å². The molecule has 0 saturated heterocycles. The lowest BCUT2D eigenvalue weighted by atomic mass is 10.0. The predicted molar refractivity (Wildman–Crippen MR) is 124 cm³/mol. The summed E-state index contributed by atoms with van der Waals surface area (Å²) in [5.41, 5.74) is 3.16. The maximum absolute atomic E-state index is 13.0. The second-order valence-corrected chi connectivity index (χ2v) is 8.43. The Morgan fingerprint density at radius 3 is 2.41 bits per heavy atom. The van der Waals surface area contributed by atoms with Crippen LogP contribution in [-0.2, 0) is 6.54 Å². The summed E-state index contributed by atoms with van der Waals surface area (Å²) in [7, 11) is 0. The normalized spacial score (nSPS) is 11.1. The van der Waals surface area contributed by atoms with E-state index in [4.69, 9.17) is 0 Å². The van der Waals surface area contributed by atoms with Gasteiger partial charge in [-0.25, -0.2) is 9.78 Å². The van der Waals surface area contributed by atoms with Gasteiger partial charge in [0.05, 0.1) is 15.9 Å². The van der Waals surface area contributed by atoms with Crippen molar-refractivity contribution < 1.29 is 14.5 Å². The number of amides is 2. The number of aromatic nitrogens is 3. The van der Waals surface area contributed by atoms with E-state index in [2.05, 4.69) is 20.8 Å². The van der Waals surface area contributed by atoms with Crippen LogP contribution in [0.25, 0.3) is 11.0 Å². The van der Waals surface area contributed by atoms with Gasteiger partial charge in [-0.2, -0.15) is 0 Å². The van der Waals surface area contributed by atoms with Gasteiger partial charge in [0.1, 0.15) is 0 Å². The Bertz CT molecular complexity index is 1410. The fourth-order valence-electron chi connectivity index (χ4n) is 3.32. The summed E-state index contributed by atoms with van der Waals surface area (Å²) in [5.74, 6) is -1.67. The number of hydrogen-bond donors (Lipinski definition) is 3. The highest BCUT2D eigenvalue weighted by Crippen LogP contribution is 2.20. The Hall–Kier alpha value is -4.35. The number of nitro benzene ring substituents is 1. The molecule has 1 aromatic carbocycles. The van der Waals surface area contributed by atoms with Crippen LogP contribution < -0.4 is 22.1 Å². The molecule has 3 N–H and O–H groups in total. The zero-order chi connectivity index (χ0) is 25.2. The van der Waals surface area contributed by atoms with Crippen molar-refractivity contribution in [3.05, 3.63) is 78.1 Å². The first-order valence-corrected chi connectivity index (χ1v) is 10.5. The monoisotopic (exact) mass is 468 g/mol. The Balaban J connectivity index is 2.03. The number of pyridine rings is 1. The molecule has 2 heterocycles. The van der Waals surface area contributed by atoms with Gasteiger partial charge in [-0.1, -0.05) is 33.8 Å². The van der Waals surface area contributed by atoms with E-state index in [9.17, 15) is 29.3 Å². The van der Waals surface area contributed by atoms with Crippen molar-refractivity contribution in [2.75, 3.05) is 0 Å². The molecular weight excluding hydrogens is 444 g/mol. The fraction of sp³-hybridized carbons (Fsp3) is 0.318. The van der Waals surface area contributed by atoms with Crippen LogP contribution in [0.15, 0.2) is 39.9 Å². The van der Waals surface area contributed by atoms with Crippen molar-refractivity contribution in [1.82, 2.24) is 25.4 Å². The summed E-state index contributed by atoms with van der Waals surface area (Å²) < 4.78 is 1.31. The van der Waals surface area contributed by atoms with Crippen LogP contribution in [0.5, 0.6) is 0 Å². The summed E-state index contributed by atoms with van der Waals surface area (Å²) in [6.45, 7) is 7.75. The molecule has 0 unspecified atom stereocenters. The van der Waals surface area contributed by atoms with Crippen molar-refractivity contribution in [1.29, 1.82) is 0 Å². The minimum atomic E-state index is -0.812. The lowest BCUT2D eigenvalue weighted by molar-refractivity contribution is -0.384. The summed E-state index contributed by atoms with van der Waals surface area (Å²) in [4.78, 5) is 67.5. The van der Waals surface area contributed by atoms with E-state index in [1.807, 2.05) is 27.7 Å². The van der Waals surface area contributed by atoms with Crippen molar-refractivity contribution in [2.24, 2.45) is 5.92 Å². The molecule has 0 radical (unpaired) electrons. The summed E-state index contributed by atoms with van der Waals surface area (Å²) in [5, 5.41) is 10.8. The molecule has 3 aromatic rings. The van der Waals surface area contributed by atoms with Crippen LogP contribution in [0.3, 0.4) is 0 Å². The number of carbonyl (C=O) groups is 2. The van der Waals surface area contributed by atoms with E-state index >= 15 is 0 Å². The number of non-ortho nitro benzene ring substituents is 1. The average molecular weight is 468 g/mol. The molecule has 0 bridgehead atoms. The number of benzene rings is 1. The number of nitrogens with one attached hydrogen (secondary N) is 3. The summed E-state index contributed by atoms with van der Waals surface area (Å²) >= 11 is 0. The highest BCUT2D eigenvalue weighted by atomic mass is 16.6. The average Bonchev–Trinajstić information content (AvgIpc) is 2.78. The molecule has 12 heteroatoms. The van der Waals surface area contributed by atoms with E-state index in [1.54, 1.807) is 0 Å². The zero-order valence-electron chi connectivity index (χ0n) is 19.0. The molecule has 0 aliphatic carbocycles. The lowest BCUT2D eigenvalue weighted by Gasteiger charge is -2.16. The summed E-state index contributed by atoms with van der Waals surface area (Å²) in [6.07, 6.45) is 0. The number of fused-ring (bicyclic) bond motifs is 1. The quantitative estimate of drug-likeness (QED) is 0.366. The highest BCUT2D eigenvalue weighted by molar-refractivity contribution is 6.06. The van der Waals surface area contributed by atoms with Gasteiger partial charge in [0.2, 0.25) is 0 Å². The number of nitrogens with zero attached hydrogens (tertiary/aromatic N) is 3. The SMILES string of the molecule is CC(C)Cn1c(=O)[nH]c(=O)c2c(C(=O)NNC(=O)c3cccc([N+](=O)[O-])c3)cc(C(C)C)nc21. The maximum Gasteiger partial charge on any atom is 0.330 e. The first kappa shape index (κ1) is 24.3. The molecule has 0 atom stereocenters. The molecule has 12 nitrogen and oxygen atoms in total. The van der Waals surface area contributed by atoms with Gasteiger partial charge in [0.15, 0.2) is 5.65 Å². The largest absolute Gasteiger partial charge is 0.330 e. The molecule has 0 saturated carbocycles. The van der Waals surface area contributed by atoms with Crippen molar-refractivity contribution in [2.45, 2.75) is 40.2 Å². The third kappa shape index (κ3) is 5.00. The standard InChI is InChI=1S/C22H24N6O6/c1-11(2)10-27-18-17(21(31)24-22(27)32)15(9-16(23-18)12(3)4)20(30)26-25-19(29)13-6-5-7-14(8-13)28(33)34/h5-9,11-12H,10H2,1-4H3,(H,25,29)(H,26,30)(H,24,31,32). The van der Waals surface area contributed by atoms with Crippen molar-refractivity contribution in [3.8, 4) is 0 Å². The number of rotatable bonds is 6. The van der Waals surface area contributed by atoms with Gasteiger partial charge < -0.3 is 0 Å². The number of hydrogen-bond acceptors (Lipinski definition) is 7. The van der Waals surface area contributed by atoms with Crippen LogP contribution in [0.1, 0.15) is 60.0 Å². The smallest absolute Gasteiger partial charge is 0.277 e. The van der Waals surface area contributed by atoms with Crippen molar-refractivity contribution in [3.63, 3.8) is 0 Å². The van der Waals surface area contributed by atoms with E-state index in [0.29, 0.717) is 5.69 Å². The number of carbonyl (C=O) groups excluding carboxylic acids is 2. The van der Waals surface area contributed by atoms with Crippen molar-refractivity contribution >= 4 is 28.5 Å². The molecule has 34 heavy (non-hydrogen) atoms. The van der Waals surface area contributed by atoms with Gasteiger partial charge >= 0.3 is 5.69 Å². The van der Waals surface area contributed by atoms with Crippen LogP contribution >= 0.6 is 0 Å². The van der Waals surface area contributed by atoms with E-state index in [0.717, 1.165) is 6.07 Å². The molecular formula is C22H24N6O6. The third-order valence-corrected chi connectivity index (χ3v) is 4.96. The molecule has 0 aliphatic rings. The Kier molecular flexibility index (Phi) is 6.89. The lowest BCUT2D eigenvalue weighted by Crippen LogP contribution is -2.42. The maximum atomic E-state index is 13.0. The second-order valence-electron chi connectivity index (χ2n) is 8.43. The molecule has 2 aromatic heterocycles. The minimum Gasteiger partial charge on any atom is -0.277 e. The zero-order valence-corrected chi connectivity index (χ0v) is 19.0. The predicted octanol–water partition coefficient (Wildman–Crippen LogP) is 1.85. The van der Waals surface area contributed by atoms with Gasteiger partial charge in [0, 0.05) is 29.9 Å². The van der Waals surface area contributed by atoms with Gasteiger partial charge in [-0.3, -0.25) is 44.9 Å². The molecule has 2 amide bonds. The Morgan fingerprint density at radius 1 is 1.12 bits per heavy atom. The second kappa shape index (κ2) is 9.65. The summed E-state index contributed by atoms with van der Waals surface area (Å²) in [6, 6.07) is 6.42. The van der Waals surface area contributed by atoms with E-state index < -0.39 is 28.0 Å². The molecule has 0 spiro atoms. The first-order chi connectivity index (χ1) is 16.0. The first-order valence-electron chi connectivity index (χ1n) is 10.5. The Morgan fingerprint density at radius 2 is 1.79 bits per heavy atom. The van der Waals surface area contributed by atoms with E-state index in [1.165, 1.54) is 28.8 Å². The molecule has 0 fully saturated rings. The van der Waals surface area contributed by atoms with Crippen LogP contribution in [0.4, 0.5) is 5.69 Å². The Labute approximate surface area is 193 Å². The molecule has 178 valence electrons. The number of H-pyrrole nitrogens is 1. The third-order valence-electron chi connectivity index (χ3n) is 4.96. The highest BCUT2D eigenvalue weighted by Gasteiger charge is 2.21. The number of nitro groups is 1. The molecule has 3 rings (SSSR count). The van der Waals surface area contributed by atoms with Gasteiger partial charge in [-0.15, -0.1) is 0 Å².